The van der Waals surface area contributed by atoms with Gasteiger partial charge in [0.25, 0.3) is 5.56 Å². The first kappa shape index (κ1) is 16.8. The Labute approximate surface area is 147 Å². The summed E-state index contributed by atoms with van der Waals surface area (Å²) in [6.45, 7) is 0. The third-order valence-corrected chi connectivity index (χ3v) is 7.26. The average molecular weight is 375 g/mol. The number of benzene rings is 1. The smallest absolute Gasteiger partial charge is 0.337 e. The van der Waals surface area contributed by atoms with Crippen molar-refractivity contribution in [3.8, 4) is 0 Å². The van der Waals surface area contributed by atoms with Crippen LogP contribution in [0.15, 0.2) is 34.1 Å². The van der Waals surface area contributed by atoms with E-state index in [4.69, 9.17) is 5.73 Å². The Morgan fingerprint density at radius 3 is 2.69 bits per heavy atom. The van der Waals surface area contributed by atoms with Gasteiger partial charge in [0.15, 0.2) is 9.84 Å². The molecule has 136 valence electrons. The fourth-order valence-corrected chi connectivity index (χ4v) is 5.57. The maximum Gasteiger partial charge on any atom is 0.337 e. The predicted molar refractivity (Wildman–Crippen MR) is 96.2 cm³/mol. The molecule has 1 aromatic carbocycles. The molecule has 5 N–H and O–H groups in total. The van der Waals surface area contributed by atoms with E-state index in [9.17, 15) is 23.1 Å². The van der Waals surface area contributed by atoms with Gasteiger partial charge in [0.1, 0.15) is 5.52 Å². The molecule has 4 rings (SSSR count). The third kappa shape index (κ3) is 2.43. The van der Waals surface area contributed by atoms with Crippen LogP contribution in [0.2, 0.25) is 0 Å². The third-order valence-electron chi connectivity index (χ3n) is 5.04. The fraction of sp³-hybridized carbons (Fsp3) is 0.294. The molecule has 2 aromatic heterocycles. The number of sulfone groups is 1. The van der Waals surface area contributed by atoms with E-state index in [-0.39, 0.29) is 27.4 Å². The number of rotatable bonds is 3. The highest BCUT2D eigenvalue weighted by molar-refractivity contribution is 7.92. The van der Waals surface area contributed by atoms with E-state index in [2.05, 4.69) is 9.97 Å². The van der Waals surface area contributed by atoms with Crippen molar-refractivity contribution in [2.24, 2.45) is 5.73 Å². The van der Waals surface area contributed by atoms with Crippen molar-refractivity contribution in [3.63, 3.8) is 0 Å². The number of carboxylic acids is 1. The molecule has 8 nitrogen and oxygen atoms in total. The summed E-state index contributed by atoms with van der Waals surface area (Å²) in [5.41, 5.74) is 5.80. The minimum Gasteiger partial charge on any atom is -0.478 e. The van der Waals surface area contributed by atoms with Gasteiger partial charge in [-0.15, -0.1) is 0 Å². The summed E-state index contributed by atoms with van der Waals surface area (Å²) in [4.78, 5) is 29.0. The number of carbonyl (C=O) groups is 1. The molecule has 26 heavy (non-hydrogen) atoms. The summed E-state index contributed by atoms with van der Waals surface area (Å²) in [5.74, 6) is -1.20. The number of aromatic amines is 2. The zero-order valence-corrected chi connectivity index (χ0v) is 14.5. The molecule has 1 fully saturated rings. The number of hydrogen-bond acceptors (Lipinski definition) is 5. The molecular weight excluding hydrogens is 358 g/mol. The Hall–Kier alpha value is -2.65. The Bertz CT molecular complexity index is 1210. The van der Waals surface area contributed by atoms with Crippen molar-refractivity contribution in [1.29, 1.82) is 0 Å². The predicted octanol–water partition coefficient (Wildman–Crippen LogP) is 1.36. The average Bonchev–Trinajstić information content (AvgIpc) is 3.21. The lowest BCUT2D eigenvalue weighted by atomic mass is 10.1. The van der Waals surface area contributed by atoms with E-state index < -0.39 is 26.6 Å². The molecule has 0 amide bonds. The number of aromatic carboxylic acids is 1. The summed E-state index contributed by atoms with van der Waals surface area (Å²) in [5, 5.41) is 9.43. The summed E-state index contributed by atoms with van der Waals surface area (Å²) in [7, 11) is -3.59. The van der Waals surface area contributed by atoms with E-state index in [1.54, 1.807) is 0 Å². The van der Waals surface area contributed by atoms with Crippen molar-refractivity contribution in [3.05, 3.63) is 40.3 Å². The minimum absolute atomic E-state index is 0.0754. The van der Waals surface area contributed by atoms with Crippen LogP contribution < -0.4 is 11.3 Å². The zero-order valence-electron chi connectivity index (χ0n) is 13.7. The molecule has 1 aliphatic carbocycles. The van der Waals surface area contributed by atoms with Crippen molar-refractivity contribution in [2.45, 2.75) is 35.4 Å². The van der Waals surface area contributed by atoms with Gasteiger partial charge in [-0.05, 0) is 37.5 Å². The summed E-state index contributed by atoms with van der Waals surface area (Å²) < 4.78 is 25.9. The number of nitrogens with two attached hydrogens (primary N) is 1. The highest BCUT2D eigenvalue weighted by Crippen LogP contribution is 2.32. The Kier molecular flexibility index (Phi) is 3.67. The molecule has 0 saturated heterocycles. The van der Waals surface area contributed by atoms with Crippen LogP contribution in [0.25, 0.3) is 21.8 Å². The van der Waals surface area contributed by atoms with E-state index in [0.29, 0.717) is 30.2 Å². The van der Waals surface area contributed by atoms with E-state index in [0.717, 1.165) is 0 Å². The molecule has 3 aromatic rings. The van der Waals surface area contributed by atoms with Gasteiger partial charge < -0.3 is 20.8 Å². The monoisotopic (exact) mass is 375 g/mol. The first-order valence-electron chi connectivity index (χ1n) is 8.19. The number of fused-ring (bicyclic) bond motifs is 3. The van der Waals surface area contributed by atoms with Crippen LogP contribution in [-0.2, 0) is 9.84 Å². The van der Waals surface area contributed by atoms with Crippen LogP contribution in [0.1, 0.15) is 29.6 Å². The summed E-state index contributed by atoms with van der Waals surface area (Å²) >= 11 is 0. The summed E-state index contributed by atoms with van der Waals surface area (Å²) in [6, 6.07) is 4.25. The Balaban J connectivity index is 1.99. The molecule has 1 saturated carbocycles. The lowest BCUT2D eigenvalue weighted by molar-refractivity contribution is 0.0699. The van der Waals surface area contributed by atoms with Crippen molar-refractivity contribution in [1.82, 2.24) is 9.97 Å². The molecular formula is C17H17N3O5S. The van der Waals surface area contributed by atoms with Gasteiger partial charge in [-0.2, -0.15) is 0 Å². The molecule has 1 unspecified atom stereocenters. The van der Waals surface area contributed by atoms with Gasteiger partial charge in [0, 0.05) is 28.5 Å². The van der Waals surface area contributed by atoms with Crippen molar-refractivity contribution >= 4 is 37.6 Å². The van der Waals surface area contributed by atoms with Crippen LogP contribution >= 0.6 is 0 Å². The molecule has 2 atom stereocenters. The van der Waals surface area contributed by atoms with Gasteiger partial charge >= 0.3 is 5.97 Å². The molecule has 0 aliphatic heterocycles. The normalized spacial score (nSPS) is 20.8. The zero-order chi connectivity index (χ0) is 18.6. The lowest BCUT2D eigenvalue weighted by Crippen LogP contribution is -2.22. The van der Waals surface area contributed by atoms with Crippen LogP contribution in [0, 0.1) is 0 Å². The molecule has 2 heterocycles. The molecule has 0 radical (unpaired) electrons. The van der Waals surface area contributed by atoms with E-state index >= 15 is 0 Å². The van der Waals surface area contributed by atoms with E-state index in [1.807, 2.05) is 0 Å². The van der Waals surface area contributed by atoms with Gasteiger partial charge in [0.05, 0.1) is 15.7 Å². The topological polar surface area (TPSA) is 146 Å². The Morgan fingerprint density at radius 2 is 2.04 bits per heavy atom. The van der Waals surface area contributed by atoms with Crippen LogP contribution in [0.3, 0.4) is 0 Å². The highest BCUT2D eigenvalue weighted by Gasteiger charge is 2.34. The number of pyridine rings is 1. The second-order valence-corrected chi connectivity index (χ2v) is 8.89. The molecule has 9 heteroatoms. The largest absolute Gasteiger partial charge is 0.478 e. The first-order chi connectivity index (χ1) is 12.3. The SMILES string of the molecule is NC1CC[C@@H](S(=O)(=O)c2ccc3[nH]c(=O)c4[nH]cc(C(=O)O)c4c3c2)C1. The maximum atomic E-state index is 12.9. The van der Waals surface area contributed by atoms with Gasteiger partial charge in [-0.1, -0.05) is 0 Å². The molecule has 0 spiro atoms. The van der Waals surface area contributed by atoms with E-state index in [1.165, 1.54) is 24.4 Å². The summed E-state index contributed by atoms with van der Waals surface area (Å²) in [6.07, 6.45) is 2.81. The number of carboxylic acid groups (broad SMARTS) is 1. The van der Waals surface area contributed by atoms with Gasteiger partial charge in [-0.3, -0.25) is 4.79 Å². The van der Waals surface area contributed by atoms with Gasteiger partial charge in [-0.25, -0.2) is 13.2 Å². The number of hydrogen-bond donors (Lipinski definition) is 4. The second kappa shape index (κ2) is 5.68. The molecule has 1 aliphatic rings. The quantitative estimate of drug-likeness (QED) is 0.544. The minimum atomic E-state index is -3.59. The number of nitrogens with one attached hydrogen (secondary N) is 2. The van der Waals surface area contributed by atoms with Crippen molar-refractivity contribution in [2.75, 3.05) is 0 Å². The highest BCUT2D eigenvalue weighted by atomic mass is 32.2. The van der Waals surface area contributed by atoms with Crippen LogP contribution in [0.4, 0.5) is 0 Å². The number of H-pyrrole nitrogens is 2. The standard InChI is InChI=1S/C17H17N3O5S/c18-8-1-2-9(5-8)26(24,25)10-3-4-13-11(6-10)14-12(17(22)23)7-19-15(14)16(21)20-13/h3-4,6-9,19H,1-2,5,18H2,(H,20,21)(H,22,23)/t8?,9-/m1/s1. The second-order valence-electron chi connectivity index (χ2n) is 6.66. The lowest BCUT2D eigenvalue weighted by Gasteiger charge is -2.12. The molecule has 0 bridgehead atoms. The van der Waals surface area contributed by atoms with Crippen LogP contribution in [-0.4, -0.2) is 40.8 Å². The Morgan fingerprint density at radius 1 is 1.27 bits per heavy atom. The van der Waals surface area contributed by atoms with Crippen LogP contribution in [0.5, 0.6) is 0 Å². The maximum absolute atomic E-state index is 12.9. The van der Waals surface area contributed by atoms with Gasteiger partial charge in [0.2, 0.25) is 0 Å². The first-order valence-corrected chi connectivity index (χ1v) is 9.73. The van der Waals surface area contributed by atoms with Crippen molar-refractivity contribution < 1.29 is 18.3 Å². The number of aromatic nitrogens is 2. The fourth-order valence-electron chi connectivity index (χ4n) is 3.70.